The summed E-state index contributed by atoms with van der Waals surface area (Å²) in [5, 5.41) is 11.5. The summed E-state index contributed by atoms with van der Waals surface area (Å²) in [5.41, 5.74) is 8.31. The second-order valence-corrected chi connectivity index (χ2v) is 10.3. The third-order valence-electron chi connectivity index (χ3n) is 6.90. The number of nitrogens with zero attached hydrogens (tertiary/aromatic N) is 6. The summed E-state index contributed by atoms with van der Waals surface area (Å²) in [6.45, 7) is 3.89. The Bertz CT molecular complexity index is 1730. The van der Waals surface area contributed by atoms with E-state index >= 15 is 0 Å². The minimum Gasteiger partial charge on any atom is -0.457 e. The number of aromatic nitrogens is 4. The SMILES string of the molecule is CNn1ccc(Oc2ccc(Nc3ncnc4ccc(C5=CCN(C(=O)/C=C/CN(C)C)CC5)nc34)cc2C)cc1=N. The van der Waals surface area contributed by atoms with Gasteiger partial charge in [-0.2, -0.15) is 0 Å². The van der Waals surface area contributed by atoms with E-state index in [9.17, 15) is 4.79 Å². The van der Waals surface area contributed by atoms with E-state index in [1.165, 1.54) is 6.33 Å². The molecule has 1 amide bonds. The Labute approximate surface area is 244 Å². The number of ether oxygens (including phenoxy) is 1. The maximum absolute atomic E-state index is 12.5. The van der Waals surface area contributed by atoms with Crippen LogP contribution in [0.5, 0.6) is 11.5 Å². The monoisotopic (exact) mass is 565 g/mol. The molecule has 0 unspecified atom stereocenters. The second kappa shape index (κ2) is 12.6. The van der Waals surface area contributed by atoms with Crippen LogP contribution in [0.3, 0.4) is 0 Å². The van der Waals surface area contributed by atoms with E-state index in [-0.39, 0.29) is 11.4 Å². The van der Waals surface area contributed by atoms with E-state index < -0.39 is 0 Å². The Hall–Kier alpha value is -5.03. The maximum atomic E-state index is 12.5. The molecule has 0 saturated carbocycles. The fourth-order valence-corrected chi connectivity index (χ4v) is 4.63. The van der Waals surface area contributed by atoms with Crippen molar-refractivity contribution < 1.29 is 9.53 Å². The van der Waals surface area contributed by atoms with Crippen LogP contribution in [-0.4, -0.2) is 76.1 Å². The zero-order chi connectivity index (χ0) is 29.6. The second-order valence-electron chi connectivity index (χ2n) is 10.3. The van der Waals surface area contributed by atoms with Gasteiger partial charge >= 0.3 is 0 Å². The third-order valence-corrected chi connectivity index (χ3v) is 6.90. The number of benzene rings is 1. The van der Waals surface area contributed by atoms with Crippen LogP contribution in [0.25, 0.3) is 16.6 Å². The number of amides is 1. The molecule has 0 bridgehead atoms. The molecule has 4 heterocycles. The highest BCUT2D eigenvalue weighted by Crippen LogP contribution is 2.30. The van der Waals surface area contributed by atoms with Gasteiger partial charge in [-0.15, -0.1) is 0 Å². The number of aryl methyl sites for hydroxylation is 1. The number of nitrogens with one attached hydrogen (secondary N) is 3. The van der Waals surface area contributed by atoms with Gasteiger partial charge in [0.25, 0.3) is 0 Å². The molecule has 3 aromatic heterocycles. The molecule has 4 aromatic rings. The van der Waals surface area contributed by atoms with Crippen LogP contribution in [0.1, 0.15) is 17.7 Å². The van der Waals surface area contributed by atoms with Crippen LogP contribution in [-0.2, 0) is 4.79 Å². The van der Waals surface area contributed by atoms with E-state index in [0.717, 1.165) is 41.0 Å². The van der Waals surface area contributed by atoms with Gasteiger partial charge < -0.3 is 25.3 Å². The number of fused-ring (bicyclic) bond motifs is 1. The average molecular weight is 566 g/mol. The minimum absolute atomic E-state index is 0.0251. The first kappa shape index (κ1) is 28.5. The number of pyridine rings is 2. The molecule has 1 aromatic carbocycles. The molecule has 0 saturated heterocycles. The summed E-state index contributed by atoms with van der Waals surface area (Å²) in [4.78, 5) is 30.2. The van der Waals surface area contributed by atoms with E-state index in [1.807, 2.05) is 67.2 Å². The van der Waals surface area contributed by atoms with Crippen molar-refractivity contribution >= 4 is 34.0 Å². The Morgan fingerprint density at radius 2 is 2.02 bits per heavy atom. The van der Waals surface area contributed by atoms with Crippen molar-refractivity contribution in [1.82, 2.24) is 29.4 Å². The Kier molecular flexibility index (Phi) is 8.58. The van der Waals surface area contributed by atoms with Crippen molar-refractivity contribution in [3.63, 3.8) is 0 Å². The molecule has 5 rings (SSSR count). The van der Waals surface area contributed by atoms with Crippen molar-refractivity contribution in [3.8, 4) is 11.5 Å². The molecule has 0 atom stereocenters. The predicted octanol–water partition coefficient (Wildman–Crippen LogP) is 4.06. The lowest BCUT2D eigenvalue weighted by Crippen LogP contribution is -2.33. The number of carbonyl (C=O) groups excluding carboxylic acids is 1. The zero-order valence-electron chi connectivity index (χ0n) is 24.3. The van der Waals surface area contributed by atoms with Crippen LogP contribution < -0.4 is 21.0 Å². The minimum atomic E-state index is 0.0251. The molecule has 11 nitrogen and oxygen atoms in total. The van der Waals surface area contributed by atoms with E-state index in [4.69, 9.17) is 15.1 Å². The predicted molar refractivity (Wildman–Crippen MR) is 164 cm³/mol. The summed E-state index contributed by atoms with van der Waals surface area (Å²) in [6, 6.07) is 13.2. The van der Waals surface area contributed by atoms with Crippen LogP contribution in [0.15, 0.2) is 73.2 Å². The van der Waals surface area contributed by atoms with Crippen LogP contribution in [0.4, 0.5) is 11.5 Å². The Morgan fingerprint density at radius 1 is 1.17 bits per heavy atom. The molecule has 11 heteroatoms. The molecule has 0 fully saturated rings. The highest BCUT2D eigenvalue weighted by molar-refractivity contribution is 5.90. The van der Waals surface area contributed by atoms with Gasteiger partial charge in [0.05, 0.1) is 11.2 Å². The van der Waals surface area contributed by atoms with E-state index in [1.54, 1.807) is 36.1 Å². The van der Waals surface area contributed by atoms with Crippen molar-refractivity contribution in [2.45, 2.75) is 13.3 Å². The van der Waals surface area contributed by atoms with Gasteiger partial charge in [0.15, 0.2) is 5.82 Å². The molecule has 1 aliphatic heterocycles. The Morgan fingerprint density at radius 3 is 2.74 bits per heavy atom. The average Bonchev–Trinajstić information content (AvgIpc) is 2.98. The fraction of sp³-hybridized carbons (Fsp3) is 0.258. The highest BCUT2D eigenvalue weighted by atomic mass is 16.5. The molecule has 216 valence electrons. The molecule has 0 aliphatic carbocycles. The van der Waals surface area contributed by atoms with Crippen LogP contribution >= 0.6 is 0 Å². The number of rotatable bonds is 9. The number of carbonyl (C=O) groups is 1. The van der Waals surface area contributed by atoms with E-state index in [0.29, 0.717) is 35.9 Å². The number of anilines is 2. The van der Waals surface area contributed by atoms with Gasteiger partial charge in [-0.25, -0.2) is 15.0 Å². The third kappa shape index (κ3) is 6.64. The van der Waals surface area contributed by atoms with Crippen molar-refractivity contribution in [1.29, 1.82) is 5.41 Å². The van der Waals surface area contributed by atoms with Crippen LogP contribution in [0, 0.1) is 12.3 Å². The number of hydrogen-bond acceptors (Lipinski definition) is 9. The number of likely N-dealkylation sites (N-methyl/N-ethyl adjacent to an activating group) is 1. The number of hydrogen-bond donors (Lipinski definition) is 3. The summed E-state index contributed by atoms with van der Waals surface area (Å²) in [7, 11) is 5.70. The lowest BCUT2D eigenvalue weighted by molar-refractivity contribution is -0.125. The quantitative estimate of drug-likeness (QED) is 0.260. The van der Waals surface area contributed by atoms with Gasteiger partial charge in [0, 0.05) is 50.7 Å². The van der Waals surface area contributed by atoms with Crippen LogP contribution in [0.2, 0.25) is 0 Å². The highest BCUT2D eigenvalue weighted by Gasteiger charge is 2.18. The normalized spacial score (nSPS) is 13.5. The standard InChI is InChI=1S/C31H35N9O2/c1-21-18-23(7-10-27(21)42-24-13-17-40(33-2)28(32)19-24)36-31-30-26(34-20-35-31)9-8-25(37-30)22-11-15-39(16-12-22)29(41)6-5-14-38(3)4/h5-11,13,17-20,32-33H,12,14-16H2,1-4H3,(H,34,35,36)/b6-5+,32-28?. The van der Waals surface area contributed by atoms with Crippen molar-refractivity contribution in [3.05, 3.63) is 90.0 Å². The summed E-state index contributed by atoms with van der Waals surface area (Å²) in [6.07, 6.45) is 9.60. The molecule has 1 aliphatic rings. The molecule has 0 spiro atoms. The summed E-state index contributed by atoms with van der Waals surface area (Å²) in [5.74, 6) is 1.91. The van der Waals surface area contributed by atoms with Gasteiger partial charge in [0.2, 0.25) is 5.91 Å². The Balaban J connectivity index is 1.31. The van der Waals surface area contributed by atoms with Crippen molar-refractivity contribution in [2.75, 3.05) is 51.5 Å². The van der Waals surface area contributed by atoms with Gasteiger partial charge in [-0.05, 0) is 75.0 Å². The largest absolute Gasteiger partial charge is 0.457 e. The van der Waals surface area contributed by atoms with Crippen molar-refractivity contribution in [2.24, 2.45) is 0 Å². The lowest BCUT2D eigenvalue weighted by atomic mass is 10.0. The van der Waals surface area contributed by atoms with Gasteiger partial charge in [0.1, 0.15) is 28.8 Å². The summed E-state index contributed by atoms with van der Waals surface area (Å²) >= 11 is 0. The zero-order valence-corrected chi connectivity index (χ0v) is 24.3. The molecule has 42 heavy (non-hydrogen) atoms. The molecule has 3 N–H and O–H groups in total. The van der Waals surface area contributed by atoms with Gasteiger partial charge in [-0.1, -0.05) is 12.2 Å². The smallest absolute Gasteiger partial charge is 0.246 e. The topological polar surface area (TPSA) is 124 Å². The molecular formula is C31H35N9O2. The molecule has 0 radical (unpaired) electrons. The summed E-state index contributed by atoms with van der Waals surface area (Å²) < 4.78 is 7.62. The van der Waals surface area contributed by atoms with E-state index in [2.05, 4.69) is 26.8 Å². The fourth-order valence-electron chi connectivity index (χ4n) is 4.63. The van der Waals surface area contributed by atoms with Gasteiger partial charge in [-0.3, -0.25) is 14.9 Å². The maximum Gasteiger partial charge on any atom is 0.246 e. The first-order valence-corrected chi connectivity index (χ1v) is 13.7. The first-order valence-electron chi connectivity index (χ1n) is 13.7. The lowest BCUT2D eigenvalue weighted by Gasteiger charge is -2.25. The first-order chi connectivity index (χ1) is 20.3. The molecular weight excluding hydrogens is 530 g/mol.